The second-order valence-electron chi connectivity index (χ2n) is 6.56. The summed E-state index contributed by atoms with van der Waals surface area (Å²) in [4.78, 5) is 35.4. The number of hydrogen-bond acceptors (Lipinski definition) is 4. The van der Waals surface area contributed by atoms with Crippen LogP contribution in [0.1, 0.15) is 31.8 Å². The van der Waals surface area contributed by atoms with Crippen LogP contribution in [-0.4, -0.2) is 16.7 Å². The van der Waals surface area contributed by atoms with Gasteiger partial charge in [0.25, 0.3) is 17.5 Å². The average molecular weight is 389 g/mol. The molecule has 3 aromatic carbocycles. The van der Waals surface area contributed by atoms with Gasteiger partial charge in [0.15, 0.2) is 0 Å². The van der Waals surface area contributed by atoms with Crippen molar-refractivity contribution in [3.8, 4) is 0 Å². The Labute approximate surface area is 167 Å². The van der Waals surface area contributed by atoms with Gasteiger partial charge in [0, 0.05) is 34.6 Å². The summed E-state index contributed by atoms with van der Waals surface area (Å²) in [6.07, 6.45) is 0. The molecule has 0 heterocycles. The number of carbonyl (C=O) groups excluding carboxylic acids is 2. The van der Waals surface area contributed by atoms with Crippen LogP contribution in [0, 0.1) is 24.0 Å². The number of aryl methyl sites for hydroxylation is 2. The molecule has 3 aromatic rings. The maximum atomic E-state index is 12.6. The lowest BCUT2D eigenvalue weighted by Crippen LogP contribution is -2.16. The first-order valence-corrected chi connectivity index (χ1v) is 8.88. The number of nitrogens with zero attached hydrogens (tertiary/aromatic N) is 1. The van der Waals surface area contributed by atoms with Crippen LogP contribution in [0.4, 0.5) is 17.1 Å². The predicted molar refractivity (Wildman–Crippen MR) is 111 cm³/mol. The number of hydrogen-bond donors (Lipinski definition) is 2. The molecule has 0 bridgehead atoms. The average Bonchev–Trinajstić information content (AvgIpc) is 2.71. The standard InChI is InChI=1S/C22H19N3O4/c1-14-8-9-17(13-20(14)24-21(26)16-6-4-3-5-7-16)22(27)23-19-11-10-18(25(28)29)12-15(19)2/h3-13H,1-2H3,(H,23,27)(H,24,26). The molecule has 7 heteroatoms. The molecule has 0 radical (unpaired) electrons. The second kappa shape index (κ2) is 8.35. The van der Waals surface area contributed by atoms with E-state index in [2.05, 4.69) is 10.6 Å². The number of nitro benzene ring substituents is 1. The van der Waals surface area contributed by atoms with E-state index >= 15 is 0 Å². The monoisotopic (exact) mass is 389 g/mol. The molecule has 0 spiro atoms. The molecule has 0 aliphatic rings. The molecule has 0 aliphatic carbocycles. The number of non-ortho nitro benzene ring substituents is 1. The summed E-state index contributed by atoms with van der Waals surface area (Å²) in [6.45, 7) is 3.52. The lowest BCUT2D eigenvalue weighted by molar-refractivity contribution is -0.384. The van der Waals surface area contributed by atoms with Crippen LogP contribution in [0.2, 0.25) is 0 Å². The van der Waals surface area contributed by atoms with Crippen LogP contribution in [-0.2, 0) is 0 Å². The van der Waals surface area contributed by atoms with Crippen molar-refractivity contribution in [2.45, 2.75) is 13.8 Å². The number of amides is 2. The highest BCUT2D eigenvalue weighted by Gasteiger charge is 2.14. The molecule has 7 nitrogen and oxygen atoms in total. The van der Waals surface area contributed by atoms with E-state index in [9.17, 15) is 19.7 Å². The minimum absolute atomic E-state index is 0.0401. The van der Waals surface area contributed by atoms with Crippen molar-refractivity contribution in [2.24, 2.45) is 0 Å². The lowest BCUT2D eigenvalue weighted by Gasteiger charge is -2.12. The van der Waals surface area contributed by atoms with Crippen LogP contribution in [0.25, 0.3) is 0 Å². The smallest absolute Gasteiger partial charge is 0.269 e. The molecule has 0 saturated heterocycles. The fourth-order valence-electron chi connectivity index (χ4n) is 2.78. The zero-order valence-electron chi connectivity index (χ0n) is 15.9. The Morgan fingerprint density at radius 2 is 1.41 bits per heavy atom. The highest BCUT2D eigenvalue weighted by Crippen LogP contribution is 2.23. The van der Waals surface area contributed by atoms with Gasteiger partial charge in [-0.3, -0.25) is 19.7 Å². The molecule has 0 atom stereocenters. The van der Waals surface area contributed by atoms with Crippen LogP contribution in [0.3, 0.4) is 0 Å². The fraction of sp³-hybridized carbons (Fsp3) is 0.0909. The van der Waals surface area contributed by atoms with E-state index in [1.54, 1.807) is 49.4 Å². The Hall–Kier alpha value is -4.00. The van der Waals surface area contributed by atoms with E-state index < -0.39 is 4.92 Å². The molecule has 0 fully saturated rings. The maximum Gasteiger partial charge on any atom is 0.269 e. The Bertz CT molecular complexity index is 1090. The molecule has 146 valence electrons. The first-order valence-electron chi connectivity index (χ1n) is 8.88. The number of carbonyl (C=O) groups is 2. The second-order valence-corrected chi connectivity index (χ2v) is 6.56. The van der Waals surface area contributed by atoms with Gasteiger partial charge in [-0.15, -0.1) is 0 Å². The van der Waals surface area contributed by atoms with E-state index in [-0.39, 0.29) is 17.5 Å². The molecular weight excluding hydrogens is 370 g/mol. The maximum absolute atomic E-state index is 12.6. The minimum Gasteiger partial charge on any atom is -0.322 e. The third kappa shape index (κ3) is 4.65. The number of nitrogens with one attached hydrogen (secondary N) is 2. The van der Waals surface area contributed by atoms with E-state index in [0.29, 0.717) is 28.1 Å². The van der Waals surface area contributed by atoms with Gasteiger partial charge in [-0.25, -0.2) is 0 Å². The van der Waals surface area contributed by atoms with E-state index in [1.807, 2.05) is 13.0 Å². The Balaban J connectivity index is 1.79. The van der Waals surface area contributed by atoms with Crippen molar-refractivity contribution in [2.75, 3.05) is 10.6 Å². The third-order valence-corrected chi connectivity index (χ3v) is 4.45. The zero-order valence-corrected chi connectivity index (χ0v) is 15.9. The van der Waals surface area contributed by atoms with Gasteiger partial charge in [-0.1, -0.05) is 24.3 Å². The quantitative estimate of drug-likeness (QED) is 0.487. The summed E-state index contributed by atoms with van der Waals surface area (Å²) in [5.41, 5.74) is 3.25. The normalized spacial score (nSPS) is 10.3. The van der Waals surface area contributed by atoms with Crippen molar-refractivity contribution in [3.63, 3.8) is 0 Å². The lowest BCUT2D eigenvalue weighted by atomic mass is 10.1. The topological polar surface area (TPSA) is 101 Å². The van der Waals surface area contributed by atoms with Crippen molar-refractivity contribution in [1.82, 2.24) is 0 Å². The molecule has 0 aromatic heterocycles. The molecule has 2 N–H and O–H groups in total. The van der Waals surface area contributed by atoms with Crippen LogP contribution in [0.15, 0.2) is 66.7 Å². The highest BCUT2D eigenvalue weighted by molar-refractivity contribution is 6.08. The Morgan fingerprint density at radius 1 is 0.759 bits per heavy atom. The van der Waals surface area contributed by atoms with Crippen molar-refractivity contribution >= 4 is 28.9 Å². The van der Waals surface area contributed by atoms with Crippen molar-refractivity contribution < 1.29 is 14.5 Å². The number of benzene rings is 3. The molecule has 0 unspecified atom stereocenters. The highest BCUT2D eigenvalue weighted by atomic mass is 16.6. The largest absolute Gasteiger partial charge is 0.322 e. The predicted octanol–water partition coefficient (Wildman–Crippen LogP) is 4.72. The molecule has 29 heavy (non-hydrogen) atoms. The van der Waals surface area contributed by atoms with Gasteiger partial charge >= 0.3 is 0 Å². The molecule has 3 rings (SSSR count). The summed E-state index contributed by atoms with van der Waals surface area (Å²) in [5.74, 6) is -0.644. The van der Waals surface area contributed by atoms with Gasteiger partial charge < -0.3 is 10.6 Å². The molecule has 0 aliphatic heterocycles. The van der Waals surface area contributed by atoms with Crippen molar-refractivity contribution in [1.29, 1.82) is 0 Å². The minimum atomic E-state index is -0.486. The first kappa shape index (κ1) is 19.8. The Morgan fingerprint density at radius 3 is 2.07 bits per heavy atom. The molecule has 2 amide bonds. The van der Waals surface area contributed by atoms with Gasteiger partial charge in [-0.2, -0.15) is 0 Å². The summed E-state index contributed by atoms with van der Waals surface area (Å²) in [5, 5.41) is 16.4. The van der Waals surface area contributed by atoms with E-state index in [1.165, 1.54) is 18.2 Å². The first-order chi connectivity index (χ1) is 13.8. The third-order valence-electron chi connectivity index (χ3n) is 4.45. The summed E-state index contributed by atoms with van der Waals surface area (Å²) >= 11 is 0. The Kier molecular flexibility index (Phi) is 5.69. The van der Waals surface area contributed by atoms with Crippen molar-refractivity contribution in [3.05, 3.63) is 99.1 Å². The number of nitro groups is 1. The zero-order chi connectivity index (χ0) is 21.0. The van der Waals surface area contributed by atoms with Gasteiger partial charge in [0.1, 0.15) is 0 Å². The number of rotatable bonds is 5. The summed E-state index contributed by atoms with van der Waals surface area (Å²) in [6, 6.07) is 18.0. The van der Waals surface area contributed by atoms with Crippen LogP contribution < -0.4 is 10.6 Å². The number of anilines is 2. The van der Waals surface area contributed by atoms with Crippen LogP contribution >= 0.6 is 0 Å². The summed E-state index contributed by atoms with van der Waals surface area (Å²) in [7, 11) is 0. The summed E-state index contributed by atoms with van der Waals surface area (Å²) < 4.78 is 0. The van der Waals surface area contributed by atoms with E-state index in [4.69, 9.17) is 0 Å². The fourth-order valence-corrected chi connectivity index (χ4v) is 2.78. The SMILES string of the molecule is Cc1cc([N+](=O)[O-])ccc1NC(=O)c1ccc(C)c(NC(=O)c2ccccc2)c1. The van der Waals surface area contributed by atoms with E-state index in [0.717, 1.165) is 5.56 Å². The molecular formula is C22H19N3O4. The van der Waals surface area contributed by atoms with Crippen LogP contribution in [0.5, 0.6) is 0 Å². The molecule has 0 saturated carbocycles. The van der Waals surface area contributed by atoms with Gasteiger partial charge in [0.2, 0.25) is 0 Å². The van der Waals surface area contributed by atoms with Gasteiger partial charge in [-0.05, 0) is 55.3 Å². The van der Waals surface area contributed by atoms with Gasteiger partial charge in [0.05, 0.1) is 4.92 Å².